The van der Waals surface area contributed by atoms with Crippen molar-refractivity contribution in [2.24, 2.45) is 5.92 Å². The van der Waals surface area contributed by atoms with Crippen molar-refractivity contribution in [3.05, 3.63) is 0 Å². The van der Waals surface area contributed by atoms with Crippen LogP contribution in [0.4, 0.5) is 0 Å². The van der Waals surface area contributed by atoms with E-state index in [4.69, 9.17) is 15.3 Å². The lowest BCUT2D eigenvalue weighted by Gasteiger charge is -2.22. The minimum absolute atomic E-state index is 0.318. The smallest absolute Gasteiger partial charge is 0.114 e. The van der Waals surface area contributed by atoms with Gasteiger partial charge < -0.3 is 20.4 Å². The molecule has 12 heavy (non-hydrogen) atoms. The summed E-state index contributed by atoms with van der Waals surface area (Å²) in [5.74, 6) is -0.647. The first-order valence-corrected chi connectivity index (χ1v) is 3.99. The summed E-state index contributed by atoms with van der Waals surface area (Å²) >= 11 is 0. The summed E-state index contributed by atoms with van der Waals surface area (Å²) in [6.45, 7) is 1.11. The van der Waals surface area contributed by atoms with Gasteiger partial charge in [-0.3, -0.25) is 5.32 Å². The first-order chi connectivity index (χ1) is 5.65. The number of aliphatic hydroxyl groups is 4. The molecule has 0 saturated carbocycles. The number of aliphatic hydroxyl groups excluding tert-OH is 4. The molecule has 2 atom stereocenters. The largest absolute Gasteiger partial charge is 0.396 e. The van der Waals surface area contributed by atoms with Crippen LogP contribution in [0.15, 0.2) is 0 Å². The number of rotatable bonds is 6. The van der Waals surface area contributed by atoms with Crippen molar-refractivity contribution in [2.45, 2.75) is 25.8 Å². The molecule has 0 aromatic carbocycles. The van der Waals surface area contributed by atoms with Crippen molar-refractivity contribution < 1.29 is 20.4 Å². The fourth-order valence-electron chi connectivity index (χ4n) is 0.708. The van der Waals surface area contributed by atoms with Crippen molar-refractivity contribution in [1.82, 2.24) is 5.32 Å². The van der Waals surface area contributed by atoms with Gasteiger partial charge in [0, 0.05) is 5.92 Å². The summed E-state index contributed by atoms with van der Waals surface area (Å²) in [6.07, 6.45) is -1.42. The van der Waals surface area contributed by atoms with Gasteiger partial charge in [-0.1, -0.05) is 6.92 Å². The standard InChI is InChI=1S/C7H17NO4/c1-2-6(11)8-7(12)5(3-9)4-10/h5-12H,2-4H2,1H3. The van der Waals surface area contributed by atoms with E-state index in [0.717, 1.165) is 0 Å². The molecule has 0 fully saturated rings. The Balaban J connectivity index is 3.75. The predicted molar refractivity (Wildman–Crippen MR) is 43.1 cm³/mol. The highest BCUT2D eigenvalue weighted by molar-refractivity contribution is 4.66. The van der Waals surface area contributed by atoms with E-state index in [-0.39, 0.29) is 13.2 Å². The van der Waals surface area contributed by atoms with Crippen molar-refractivity contribution in [1.29, 1.82) is 0 Å². The molecule has 0 aliphatic rings. The molecular weight excluding hydrogens is 162 g/mol. The average molecular weight is 179 g/mol. The Hall–Kier alpha value is -0.200. The van der Waals surface area contributed by atoms with E-state index in [2.05, 4.69) is 5.32 Å². The molecule has 2 unspecified atom stereocenters. The Kier molecular flexibility index (Phi) is 6.23. The summed E-state index contributed by atoms with van der Waals surface area (Å²) in [4.78, 5) is 0. The zero-order chi connectivity index (χ0) is 9.56. The molecule has 0 aliphatic carbocycles. The fourth-order valence-corrected chi connectivity index (χ4v) is 0.708. The molecular formula is C7H17NO4. The summed E-state index contributed by atoms with van der Waals surface area (Å²) in [7, 11) is 0. The summed E-state index contributed by atoms with van der Waals surface area (Å²) in [5.41, 5.74) is 0. The van der Waals surface area contributed by atoms with E-state index in [1.807, 2.05) is 0 Å². The summed E-state index contributed by atoms with van der Waals surface area (Å²) in [5, 5.41) is 38.0. The van der Waals surface area contributed by atoms with Gasteiger partial charge in [0.25, 0.3) is 0 Å². The van der Waals surface area contributed by atoms with Gasteiger partial charge in [0.15, 0.2) is 0 Å². The molecule has 5 N–H and O–H groups in total. The summed E-state index contributed by atoms with van der Waals surface area (Å²) in [6, 6.07) is 0. The van der Waals surface area contributed by atoms with Gasteiger partial charge in [-0.2, -0.15) is 0 Å². The molecule has 74 valence electrons. The maximum atomic E-state index is 9.22. The first kappa shape index (κ1) is 11.8. The molecule has 0 heterocycles. The number of nitrogens with one attached hydrogen (secondary N) is 1. The van der Waals surface area contributed by atoms with E-state index in [1.165, 1.54) is 0 Å². The quantitative estimate of drug-likeness (QED) is 0.311. The second kappa shape index (κ2) is 6.33. The van der Waals surface area contributed by atoms with Gasteiger partial charge in [-0.15, -0.1) is 0 Å². The van der Waals surface area contributed by atoms with Gasteiger partial charge in [0.1, 0.15) is 12.5 Å². The van der Waals surface area contributed by atoms with E-state index in [0.29, 0.717) is 6.42 Å². The summed E-state index contributed by atoms with van der Waals surface area (Å²) < 4.78 is 0. The highest BCUT2D eigenvalue weighted by Gasteiger charge is 2.18. The topological polar surface area (TPSA) is 93.0 Å². The average Bonchev–Trinajstić information content (AvgIpc) is 2.06. The van der Waals surface area contributed by atoms with Crippen LogP contribution in [0.1, 0.15) is 13.3 Å². The van der Waals surface area contributed by atoms with Crippen LogP contribution in [0.25, 0.3) is 0 Å². The van der Waals surface area contributed by atoms with Crippen molar-refractivity contribution in [3.8, 4) is 0 Å². The van der Waals surface area contributed by atoms with E-state index >= 15 is 0 Å². The Bertz CT molecular complexity index is 108. The van der Waals surface area contributed by atoms with E-state index in [9.17, 15) is 5.11 Å². The zero-order valence-electron chi connectivity index (χ0n) is 7.14. The monoisotopic (exact) mass is 179 g/mol. The molecule has 0 aromatic rings. The van der Waals surface area contributed by atoms with E-state index in [1.54, 1.807) is 6.92 Å². The predicted octanol–water partition coefficient (Wildman–Crippen LogP) is -1.78. The fraction of sp³-hybridized carbons (Fsp3) is 1.00. The number of hydrogen-bond acceptors (Lipinski definition) is 5. The van der Waals surface area contributed by atoms with Gasteiger partial charge in [-0.25, -0.2) is 0 Å². The minimum Gasteiger partial charge on any atom is -0.396 e. The Morgan fingerprint density at radius 3 is 2.00 bits per heavy atom. The maximum Gasteiger partial charge on any atom is 0.114 e. The molecule has 0 radical (unpaired) electrons. The van der Waals surface area contributed by atoms with Crippen LogP contribution in [-0.2, 0) is 0 Å². The van der Waals surface area contributed by atoms with Crippen LogP contribution in [0, 0.1) is 5.92 Å². The van der Waals surface area contributed by atoms with Crippen molar-refractivity contribution in [3.63, 3.8) is 0 Å². The Morgan fingerprint density at radius 1 is 1.17 bits per heavy atom. The lowest BCUT2D eigenvalue weighted by molar-refractivity contribution is -0.0268. The molecule has 5 nitrogen and oxygen atoms in total. The normalized spacial score (nSPS) is 16.5. The lowest BCUT2D eigenvalue weighted by atomic mass is 10.1. The Morgan fingerprint density at radius 2 is 1.67 bits per heavy atom. The molecule has 0 rings (SSSR count). The van der Waals surface area contributed by atoms with Crippen LogP contribution in [-0.4, -0.2) is 46.1 Å². The molecule has 0 saturated heterocycles. The van der Waals surface area contributed by atoms with Crippen LogP contribution < -0.4 is 5.32 Å². The second-order valence-corrected chi connectivity index (χ2v) is 2.66. The SMILES string of the molecule is CCC(O)NC(O)C(CO)CO. The molecule has 0 aromatic heterocycles. The molecule has 0 aliphatic heterocycles. The molecule has 0 bridgehead atoms. The third kappa shape index (κ3) is 3.99. The number of hydrogen-bond donors (Lipinski definition) is 5. The third-order valence-electron chi connectivity index (χ3n) is 1.67. The molecule has 0 spiro atoms. The molecule has 5 heteroatoms. The highest BCUT2D eigenvalue weighted by atomic mass is 16.3. The maximum absolute atomic E-state index is 9.22. The second-order valence-electron chi connectivity index (χ2n) is 2.66. The van der Waals surface area contributed by atoms with Crippen molar-refractivity contribution >= 4 is 0 Å². The highest BCUT2D eigenvalue weighted by Crippen LogP contribution is 2.00. The minimum atomic E-state index is -1.07. The van der Waals surface area contributed by atoms with Crippen LogP contribution in [0.5, 0.6) is 0 Å². The van der Waals surface area contributed by atoms with Gasteiger partial charge in [-0.05, 0) is 6.42 Å². The van der Waals surface area contributed by atoms with Gasteiger partial charge in [0.2, 0.25) is 0 Å². The van der Waals surface area contributed by atoms with Gasteiger partial charge >= 0.3 is 0 Å². The van der Waals surface area contributed by atoms with Crippen LogP contribution >= 0.6 is 0 Å². The van der Waals surface area contributed by atoms with Crippen LogP contribution in [0.3, 0.4) is 0 Å². The third-order valence-corrected chi connectivity index (χ3v) is 1.67. The Labute approximate surface area is 71.7 Å². The van der Waals surface area contributed by atoms with Crippen LogP contribution in [0.2, 0.25) is 0 Å². The zero-order valence-corrected chi connectivity index (χ0v) is 7.14. The molecule has 0 amide bonds. The lowest BCUT2D eigenvalue weighted by Crippen LogP contribution is -2.44. The first-order valence-electron chi connectivity index (χ1n) is 3.99. The van der Waals surface area contributed by atoms with Gasteiger partial charge in [0.05, 0.1) is 13.2 Å². The van der Waals surface area contributed by atoms with E-state index < -0.39 is 18.4 Å². The van der Waals surface area contributed by atoms with Crippen molar-refractivity contribution in [2.75, 3.05) is 13.2 Å².